The second-order valence-electron chi connectivity index (χ2n) is 4.22. The van der Waals surface area contributed by atoms with Crippen LogP contribution in [-0.2, 0) is 9.05 Å². The number of hydrogen-bond acceptors (Lipinski definition) is 3. The second kappa shape index (κ2) is 4.56. The molecule has 0 saturated carbocycles. The molecule has 0 amide bonds. The lowest BCUT2D eigenvalue weighted by Gasteiger charge is -2.21. The van der Waals surface area contributed by atoms with Crippen LogP contribution in [-0.4, -0.2) is 16.7 Å². The van der Waals surface area contributed by atoms with Crippen molar-refractivity contribution in [1.29, 1.82) is 0 Å². The fourth-order valence-corrected chi connectivity index (χ4v) is 3.31. The molecule has 0 saturated heterocycles. The van der Waals surface area contributed by atoms with Gasteiger partial charge in [0.15, 0.2) is 0 Å². The van der Waals surface area contributed by atoms with Crippen LogP contribution in [0.15, 0.2) is 23.1 Å². The predicted octanol–water partition coefficient (Wildman–Crippen LogP) is 3.48. The molecule has 1 aromatic carbocycles. The monoisotopic (exact) mass is 298 g/mol. The Balaban J connectivity index is 3.36. The van der Waals surface area contributed by atoms with Gasteiger partial charge < -0.3 is 4.43 Å². The molecule has 0 atom stereocenters. The number of hydrogen-bond donors (Lipinski definition) is 0. The molecule has 0 spiro atoms. The van der Waals surface area contributed by atoms with Gasteiger partial charge in [0, 0.05) is 10.7 Å². The van der Waals surface area contributed by atoms with Gasteiger partial charge >= 0.3 is 0 Å². The molecule has 0 unspecified atom stereocenters. The van der Waals surface area contributed by atoms with E-state index >= 15 is 0 Å². The first-order valence-electron chi connectivity index (χ1n) is 4.53. The van der Waals surface area contributed by atoms with Crippen molar-refractivity contribution in [3.63, 3.8) is 0 Å². The molecule has 90 valence electrons. The molecular formula is C9H12Cl2O3SSi. The summed E-state index contributed by atoms with van der Waals surface area (Å²) in [6, 6.07) is 4.47. The standard InChI is InChI=1S/C9H12Cl2O3SSi/c1-16(2,3)14-9-7(10)5-4-6-8(9)15(11,12)13/h4-6H,1-3H3. The van der Waals surface area contributed by atoms with Crippen molar-refractivity contribution in [1.82, 2.24) is 0 Å². The quantitative estimate of drug-likeness (QED) is 0.634. The van der Waals surface area contributed by atoms with Gasteiger partial charge in [-0.15, -0.1) is 0 Å². The predicted molar refractivity (Wildman–Crippen MR) is 68.5 cm³/mol. The van der Waals surface area contributed by atoms with Crippen molar-refractivity contribution in [2.24, 2.45) is 0 Å². The molecule has 1 rings (SSSR count). The van der Waals surface area contributed by atoms with E-state index in [4.69, 9.17) is 26.7 Å². The average Bonchev–Trinajstić information content (AvgIpc) is 2.04. The average molecular weight is 299 g/mol. The van der Waals surface area contributed by atoms with Gasteiger partial charge in [-0.3, -0.25) is 0 Å². The highest BCUT2D eigenvalue weighted by Gasteiger charge is 2.24. The summed E-state index contributed by atoms with van der Waals surface area (Å²) >= 11 is 5.92. The molecule has 1 aromatic rings. The van der Waals surface area contributed by atoms with Crippen LogP contribution >= 0.6 is 22.3 Å². The highest BCUT2D eigenvalue weighted by atomic mass is 35.7. The van der Waals surface area contributed by atoms with Gasteiger partial charge in [-0.2, -0.15) is 0 Å². The summed E-state index contributed by atoms with van der Waals surface area (Å²) in [7, 11) is -0.477. The minimum Gasteiger partial charge on any atom is -0.542 e. The topological polar surface area (TPSA) is 43.4 Å². The third kappa shape index (κ3) is 3.66. The van der Waals surface area contributed by atoms with Gasteiger partial charge in [0.2, 0.25) is 8.32 Å². The Morgan fingerprint density at radius 3 is 2.25 bits per heavy atom. The molecule has 0 N–H and O–H groups in total. The largest absolute Gasteiger partial charge is 0.542 e. The van der Waals surface area contributed by atoms with Crippen LogP contribution in [0.1, 0.15) is 0 Å². The summed E-state index contributed by atoms with van der Waals surface area (Å²) < 4.78 is 28.3. The smallest absolute Gasteiger partial charge is 0.264 e. The van der Waals surface area contributed by atoms with E-state index < -0.39 is 17.4 Å². The lowest BCUT2D eigenvalue weighted by atomic mass is 10.3. The van der Waals surface area contributed by atoms with Gasteiger partial charge in [-0.25, -0.2) is 8.42 Å². The van der Waals surface area contributed by atoms with Crippen LogP contribution in [0.25, 0.3) is 0 Å². The van der Waals surface area contributed by atoms with Crippen molar-refractivity contribution >= 4 is 39.7 Å². The Bertz CT molecular complexity index is 494. The fourth-order valence-electron chi connectivity index (χ4n) is 1.09. The molecule has 0 aliphatic carbocycles. The van der Waals surface area contributed by atoms with E-state index in [0.717, 1.165) is 0 Å². The SMILES string of the molecule is C[Si](C)(C)Oc1c(Cl)cccc1S(=O)(=O)Cl. The molecule has 7 heteroatoms. The number of halogens is 2. The van der Waals surface area contributed by atoms with E-state index in [2.05, 4.69) is 0 Å². The van der Waals surface area contributed by atoms with Crippen LogP contribution < -0.4 is 4.43 Å². The van der Waals surface area contributed by atoms with Crippen LogP contribution in [0, 0.1) is 0 Å². The lowest BCUT2D eigenvalue weighted by Crippen LogP contribution is -2.30. The number of para-hydroxylation sites is 1. The lowest BCUT2D eigenvalue weighted by molar-refractivity contribution is 0.537. The minimum atomic E-state index is -3.84. The van der Waals surface area contributed by atoms with E-state index in [1.807, 2.05) is 19.6 Å². The Morgan fingerprint density at radius 1 is 1.25 bits per heavy atom. The molecule has 0 aliphatic rings. The van der Waals surface area contributed by atoms with E-state index in [-0.39, 0.29) is 15.7 Å². The third-order valence-corrected chi connectivity index (χ3v) is 4.06. The summed E-state index contributed by atoms with van der Waals surface area (Å²) in [6.07, 6.45) is 0. The first kappa shape index (κ1) is 13.8. The minimum absolute atomic E-state index is 0.0795. The summed E-state index contributed by atoms with van der Waals surface area (Å²) in [4.78, 5) is -0.0795. The molecule has 0 fully saturated rings. The summed E-state index contributed by atoms with van der Waals surface area (Å²) in [5, 5.41) is 0.254. The normalized spacial score (nSPS) is 12.6. The van der Waals surface area contributed by atoms with E-state index in [1.165, 1.54) is 12.1 Å². The van der Waals surface area contributed by atoms with Crippen molar-refractivity contribution in [3.05, 3.63) is 23.2 Å². The summed E-state index contributed by atoms with van der Waals surface area (Å²) in [5.74, 6) is 0.151. The van der Waals surface area contributed by atoms with Crippen LogP contribution in [0.5, 0.6) is 5.75 Å². The van der Waals surface area contributed by atoms with Crippen molar-refractivity contribution in [3.8, 4) is 5.75 Å². The van der Waals surface area contributed by atoms with E-state index in [1.54, 1.807) is 6.07 Å². The Kier molecular flexibility index (Phi) is 3.94. The van der Waals surface area contributed by atoms with Crippen LogP contribution in [0.3, 0.4) is 0 Å². The molecule has 3 nitrogen and oxygen atoms in total. The van der Waals surface area contributed by atoms with Gasteiger partial charge in [0.25, 0.3) is 9.05 Å². The molecular weight excluding hydrogens is 287 g/mol. The van der Waals surface area contributed by atoms with Crippen molar-refractivity contribution in [2.45, 2.75) is 24.5 Å². The maximum Gasteiger partial charge on any atom is 0.264 e. The van der Waals surface area contributed by atoms with Crippen LogP contribution in [0.2, 0.25) is 24.7 Å². The zero-order chi connectivity index (χ0) is 12.6. The van der Waals surface area contributed by atoms with Crippen LogP contribution in [0.4, 0.5) is 0 Å². The Labute approximate surface area is 106 Å². The second-order valence-corrected chi connectivity index (χ2v) is 11.6. The van der Waals surface area contributed by atoms with Crippen molar-refractivity contribution < 1.29 is 12.8 Å². The molecule has 0 heterocycles. The molecule has 0 radical (unpaired) electrons. The first-order valence-corrected chi connectivity index (χ1v) is 10.6. The van der Waals surface area contributed by atoms with Gasteiger partial charge in [0.05, 0.1) is 5.02 Å². The molecule has 0 bridgehead atoms. The van der Waals surface area contributed by atoms with E-state index in [9.17, 15) is 8.42 Å². The fraction of sp³-hybridized carbons (Fsp3) is 0.333. The Hall–Kier alpha value is -0.233. The zero-order valence-corrected chi connectivity index (χ0v) is 12.4. The van der Waals surface area contributed by atoms with Gasteiger partial charge in [0.1, 0.15) is 10.6 Å². The highest BCUT2D eigenvalue weighted by molar-refractivity contribution is 8.13. The van der Waals surface area contributed by atoms with Gasteiger partial charge in [-0.1, -0.05) is 17.7 Å². The third-order valence-electron chi connectivity index (χ3n) is 1.60. The Morgan fingerprint density at radius 2 is 1.81 bits per heavy atom. The number of benzene rings is 1. The van der Waals surface area contributed by atoms with E-state index in [0.29, 0.717) is 0 Å². The first-order chi connectivity index (χ1) is 7.11. The molecule has 0 aromatic heterocycles. The van der Waals surface area contributed by atoms with Crippen molar-refractivity contribution in [2.75, 3.05) is 0 Å². The maximum absolute atomic E-state index is 11.3. The van der Waals surface area contributed by atoms with Gasteiger partial charge in [-0.05, 0) is 31.8 Å². The summed E-state index contributed by atoms with van der Waals surface area (Å²) in [5.41, 5.74) is 0. The summed E-state index contributed by atoms with van der Waals surface area (Å²) in [6.45, 7) is 5.79. The number of rotatable bonds is 3. The molecule has 0 aliphatic heterocycles. The zero-order valence-electron chi connectivity index (χ0n) is 9.12. The highest BCUT2D eigenvalue weighted by Crippen LogP contribution is 2.35. The maximum atomic E-state index is 11.3. The molecule has 16 heavy (non-hydrogen) atoms.